The van der Waals surface area contributed by atoms with Crippen molar-refractivity contribution < 1.29 is 27.8 Å². The Hall–Kier alpha value is -1.91. The van der Waals surface area contributed by atoms with Crippen LogP contribution in [0.3, 0.4) is 0 Å². The molecule has 0 aliphatic heterocycles. The Bertz CT molecular complexity index is 729. The van der Waals surface area contributed by atoms with E-state index in [1.54, 1.807) is 19.2 Å². The molecule has 1 atom stereocenters. The van der Waals surface area contributed by atoms with Crippen LogP contribution in [0.1, 0.15) is 33.1 Å². The Morgan fingerprint density at radius 1 is 1.27 bits per heavy atom. The highest BCUT2D eigenvalue weighted by atomic mass is 32.1. The molecule has 0 aromatic carbocycles. The lowest BCUT2D eigenvalue weighted by molar-refractivity contribution is -0.106. The summed E-state index contributed by atoms with van der Waals surface area (Å²) in [7, 11) is 3.62. The van der Waals surface area contributed by atoms with Crippen molar-refractivity contribution in [3.8, 4) is 11.1 Å². The molecule has 7 nitrogen and oxygen atoms in total. The number of thiazole rings is 1. The lowest BCUT2D eigenvalue weighted by Crippen LogP contribution is -2.25. The van der Waals surface area contributed by atoms with Crippen LogP contribution < -0.4 is 14.8 Å². The molecule has 1 N–H and O–H groups in total. The molecule has 2 aromatic heterocycles. The van der Waals surface area contributed by atoms with E-state index >= 15 is 0 Å². The molecule has 0 radical (unpaired) electrons. The normalized spacial score (nSPS) is 14.1. The van der Waals surface area contributed by atoms with E-state index in [1.165, 1.54) is 26.2 Å². The molecule has 0 spiro atoms. The van der Waals surface area contributed by atoms with Crippen LogP contribution >= 0.6 is 11.3 Å². The maximum absolute atomic E-state index is 12.1. The smallest absolute Gasteiger partial charge is 0.276 e. The highest BCUT2D eigenvalue weighted by Gasteiger charge is 2.18. The molecule has 0 saturated heterocycles. The quantitative estimate of drug-likeness (QED) is 0.583. The SMILES string of the molecule is CC=O.CNC(C)COC.FC(F)COc1nc2ccc(OCC3CCC3)nc2s1. The van der Waals surface area contributed by atoms with Gasteiger partial charge in [-0.3, -0.25) is 0 Å². The summed E-state index contributed by atoms with van der Waals surface area (Å²) in [5.41, 5.74) is 0.635. The molecule has 3 rings (SSSR count). The van der Waals surface area contributed by atoms with E-state index in [9.17, 15) is 8.78 Å². The second-order valence-electron chi connectivity index (χ2n) is 6.64. The predicted molar refractivity (Wildman–Crippen MR) is 114 cm³/mol. The standard InChI is InChI=1S/C13H14F2N2O2S.C5H13NO.C2H4O/c14-10(15)7-19-13-16-9-4-5-11(17-12(9)20-13)18-6-8-2-1-3-8;1-5(6-2)4-7-3;1-2-3/h4-5,8,10H,1-3,6-7H2;5-6H,4H2,1-3H3;2H,1H3. The molecule has 170 valence electrons. The Morgan fingerprint density at radius 2 is 1.97 bits per heavy atom. The number of carbonyl (C=O) groups excluding carboxylic acids is 1. The summed E-state index contributed by atoms with van der Waals surface area (Å²) >= 11 is 1.15. The van der Waals surface area contributed by atoms with Gasteiger partial charge in [-0.1, -0.05) is 17.8 Å². The lowest BCUT2D eigenvalue weighted by Gasteiger charge is -2.24. The van der Waals surface area contributed by atoms with E-state index in [0.29, 0.717) is 34.8 Å². The van der Waals surface area contributed by atoms with Crippen LogP contribution in [0.2, 0.25) is 0 Å². The monoisotopic (exact) mass is 447 g/mol. The van der Waals surface area contributed by atoms with E-state index < -0.39 is 13.0 Å². The number of carbonyl (C=O) groups is 1. The van der Waals surface area contributed by atoms with Crippen molar-refractivity contribution in [3.63, 3.8) is 0 Å². The third-order valence-electron chi connectivity index (χ3n) is 4.14. The molecular weight excluding hydrogens is 416 g/mol. The molecule has 1 aliphatic carbocycles. The fraction of sp³-hybridized carbons (Fsp3) is 0.650. The maximum Gasteiger partial charge on any atom is 0.276 e. The van der Waals surface area contributed by atoms with Gasteiger partial charge in [0.2, 0.25) is 5.88 Å². The number of rotatable bonds is 9. The number of likely N-dealkylation sites (N-methyl/N-ethyl adjacent to an activating group) is 1. The van der Waals surface area contributed by atoms with Crippen molar-refractivity contribution in [1.29, 1.82) is 0 Å². The van der Waals surface area contributed by atoms with Gasteiger partial charge in [0, 0.05) is 19.2 Å². The minimum absolute atomic E-state index is 0.212. The first-order valence-corrected chi connectivity index (χ1v) is 10.6. The maximum atomic E-state index is 12.1. The number of aromatic nitrogens is 2. The van der Waals surface area contributed by atoms with Crippen molar-refractivity contribution in [1.82, 2.24) is 15.3 Å². The number of nitrogens with one attached hydrogen (secondary N) is 1. The molecule has 0 bridgehead atoms. The number of hydrogen-bond acceptors (Lipinski definition) is 8. The lowest BCUT2D eigenvalue weighted by atomic mass is 9.86. The van der Waals surface area contributed by atoms with Crippen LogP contribution in [0.5, 0.6) is 11.1 Å². The summed E-state index contributed by atoms with van der Waals surface area (Å²) in [6.07, 6.45) is 1.96. The molecule has 2 aromatic rings. The minimum Gasteiger partial charge on any atom is -0.477 e. The largest absolute Gasteiger partial charge is 0.477 e. The molecule has 1 aliphatic rings. The van der Waals surface area contributed by atoms with Gasteiger partial charge < -0.3 is 24.3 Å². The van der Waals surface area contributed by atoms with Gasteiger partial charge in [-0.2, -0.15) is 0 Å². The van der Waals surface area contributed by atoms with Crippen LogP contribution in [-0.2, 0) is 9.53 Å². The Morgan fingerprint density at radius 3 is 2.47 bits per heavy atom. The average molecular weight is 448 g/mol. The highest BCUT2D eigenvalue weighted by molar-refractivity contribution is 7.19. The number of ether oxygens (including phenoxy) is 3. The first-order chi connectivity index (χ1) is 14.4. The van der Waals surface area contributed by atoms with E-state index in [0.717, 1.165) is 24.2 Å². The number of fused-ring (bicyclic) bond motifs is 1. The van der Waals surface area contributed by atoms with Crippen molar-refractivity contribution in [2.45, 2.75) is 45.6 Å². The molecule has 2 heterocycles. The summed E-state index contributed by atoms with van der Waals surface area (Å²) in [4.78, 5) is 17.9. The molecule has 30 heavy (non-hydrogen) atoms. The summed E-state index contributed by atoms with van der Waals surface area (Å²) in [5, 5.41) is 3.25. The number of nitrogens with zero attached hydrogens (tertiary/aromatic N) is 2. The average Bonchev–Trinajstić information content (AvgIpc) is 3.09. The summed E-state index contributed by atoms with van der Waals surface area (Å²) < 4.78 is 39.5. The predicted octanol–water partition coefficient (Wildman–Crippen LogP) is 3.96. The van der Waals surface area contributed by atoms with Crippen LogP contribution in [0.15, 0.2) is 12.1 Å². The number of hydrogen-bond donors (Lipinski definition) is 1. The fourth-order valence-electron chi connectivity index (χ4n) is 2.25. The van der Waals surface area contributed by atoms with Crippen molar-refractivity contribution >= 4 is 28.0 Å². The van der Waals surface area contributed by atoms with Gasteiger partial charge in [-0.25, -0.2) is 18.7 Å². The van der Waals surface area contributed by atoms with Crippen LogP contribution in [0.25, 0.3) is 10.3 Å². The van der Waals surface area contributed by atoms with Gasteiger partial charge in [-0.05, 0) is 45.7 Å². The number of methoxy groups -OCH3 is 1. The first kappa shape index (κ1) is 26.1. The molecule has 10 heteroatoms. The summed E-state index contributed by atoms with van der Waals surface area (Å²) in [6, 6.07) is 3.99. The zero-order valence-corrected chi connectivity index (χ0v) is 18.7. The molecule has 0 amide bonds. The molecule has 1 saturated carbocycles. The van der Waals surface area contributed by atoms with Gasteiger partial charge >= 0.3 is 0 Å². The van der Waals surface area contributed by atoms with Gasteiger partial charge in [0.25, 0.3) is 11.6 Å². The Balaban J connectivity index is 0.000000380. The Kier molecular flexibility index (Phi) is 13.0. The highest BCUT2D eigenvalue weighted by Crippen LogP contribution is 2.30. The van der Waals surface area contributed by atoms with Gasteiger partial charge in [-0.15, -0.1) is 0 Å². The fourth-order valence-corrected chi connectivity index (χ4v) is 3.04. The van der Waals surface area contributed by atoms with E-state index in [4.69, 9.17) is 19.0 Å². The number of pyridine rings is 1. The van der Waals surface area contributed by atoms with Crippen LogP contribution in [-0.4, -0.2) is 62.7 Å². The van der Waals surface area contributed by atoms with Crippen LogP contribution in [0, 0.1) is 5.92 Å². The molecule has 1 fully saturated rings. The van der Waals surface area contributed by atoms with Gasteiger partial charge in [0.05, 0.1) is 13.2 Å². The summed E-state index contributed by atoms with van der Waals surface area (Å²) in [6.45, 7) is 4.34. The number of alkyl halides is 2. The third-order valence-corrected chi connectivity index (χ3v) is 5.02. The van der Waals surface area contributed by atoms with Gasteiger partial charge in [0.1, 0.15) is 11.8 Å². The first-order valence-electron chi connectivity index (χ1n) is 9.80. The van der Waals surface area contributed by atoms with Gasteiger partial charge in [0.15, 0.2) is 11.4 Å². The zero-order valence-electron chi connectivity index (χ0n) is 17.9. The zero-order chi connectivity index (χ0) is 22.4. The van der Waals surface area contributed by atoms with E-state index in [2.05, 4.69) is 22.2 Å². The third kappa shape index (κ3) is 10.2. The van der Waals surface area contributed by atoms with Crippen molar-refractivity contribution in [3.05, 3.63) is 12.1 Å². The second-order valence-corrected chi connectivity index (χ2v) is 7.58. The van der Waals surface area contributed by atoms with E-state index in [1.807, 2.05) is 7.05 Å². The van der Waals surface area contributed by atoms with Crippen LogP contribution in [0.4, 0.5) is 8.78 Å². The minimum atomic E-state index is -2.50. The molecule has 1 unspecified atom stereocenters. The molecular formula is C20H31F2N3O4S. The topological polar surface area (TPSA) is 82.6 Å². The number of halogens is 2. The van der Waals surface area contributed by atoms with Crippen molar-refractivity contribution in [2.24, 2.45) is 5.92 Å². The second kappa shape index (κ2) is 15.0. The summed E-state index contributed by atoms with van der Waals surface area (Å²) in [5.74, 6) is 1.19. The van der Waals surface area contributed by atoms with E-state index in [-0.39, 0.29) is 5.19 Å². The van der Waals surface area contributed by atoms with Crippen molar-refractivity contribution in [2.75, 3.05) is 34.0 Å². The Labute approximate surface area is 180 Å². The number of aldehydes is 1.